The Hall–Kier alpha value is -0.240. The molecule has 0 aromatic rings. The fourth-order valence-electron chi connectivity index (χ4n) is 2.22. The van der Waals surface area contributed by atoms with Crippen LogP contribution in [0.5, 0.6) is 0 Å². The second-order valence-electron chi connectivity index (χ2n) is 6.44. The van der Waals surface area contributed by atoms with Crippen molar-refractivity contribution in [2.75, 3.05) is 107 Å². The van der Waals surface area contributed by atoms with E-state index in [1.165, 1.54) is 26.2 Å². The van der Waals surface area contributed by atoms with Gasteiger partial charge in [0.05, 0.1) is 26.4 Å². The van der Waals surface area contributed by atoms with Crippen LogP contribution in [-0.2, 0) is 9.47 Å². The molecule has 0 unspecified atom stereocenters. The van der Waals surface area contributed by atoms with E-state index < -0.39 is 0 Å². The van der Waals surface area contributed by atoms with Crippen LogP contribution in [0.15, 0.2) is 0 Å². The summed E-state index contributed by atoms with van der Waals surface area (Å²) in [7, 11) is 8.57. The van der Waals surface area contributed by atoms with E-state index in [2.05, 4.69) is 47.8 Å². The van der Waals surface area contributed by atoms with E-state index >= 15 is 0 Å². The van der Waals surface area contributed by atoms with Gasteiger partial charge >= 0.3 is 0 Å². The highest BCUT2D eigenvalue weighted by Gasteiger charge is 2.07. The zero-order valence-corrected chi connectivity index (χ0v) is 17.1. The summed E-state index contributed by atoms with van der Waals surface area (Å²) in [5.74, 6) is 0. The Bertz CT molecular complexity index is 223. The molecule has 0 aromatic heterocycles. The van der Waals surface area contributed by atoms with E-state index in [-0.39, 0.29) is 0 Å². The zero-order chi connectivity index (χ0) is 18.2. The molecular weight excluding hydrogens is 304 g/mol. The second-order valence-corrected chi connectivity index (χ2v) is 6.44. The van der Waals surface area contributed by atoms with Gasteiger partial charge in [-0.05, 0) is 28.2 Å². The summed E-state index contributed by atoms with van der Waals surface area (Å²) in [6, 6.07) is 0. The van der Waals surface area contributed by atoms with Gasteiger partial charge in [-0.1, -0.05) is 13.8 Å². The molecule has 0 N–H and O–H groups in total. The van der Waals surface area contributed by atoms with Crippen molar-refractivity contribution in [3.05, 3.63) is 0 Å². The number of nitrogens with zero attached hydrogens (tertiary/aromatic N) is 4. The number of hydrogen-bond acceptors (Lipinski definition) is 6. The molecule has 3 aliphatic rings. The third-order valence-electron chi connectivity index (χ3n) is 4.20. The first-order valence-corrected chi connectivity index (χ1v) is 9.47. The molecule has 0 saturated carbocycles. The van der Waals surface area contributed by atoms with Crippen LogP contribution in [0.2, 0.25) is 0 Å². The number of hydrogen-bond donors (Lipinski definition) is 0. The molecule has 3 aliphatic heterocycles. The molecule has 3 rings (SSSR count). The first-order valence-electron chi connectivity index (χ1n) is 9.47. The minimum absolute atomic E-state index is 0.913. The third kappa shape index (κ3) is 14.1. The van der Waals surface area contributed by atoms with E-state index in [1.807, 2.05) is 13.8 Å². The molecule has 146 valence electrons. The maximum absolute atomic E-state index is 5.10. The lowest BCUT2D eigenvalue weighted by molar-refractivity contribution is 0.0502. The Morgan fingerprint density at radius 2 is 0.625 bits per heavy atom. The van der Waals surface area contributed by atoms with Gasteiger partial charge < -0.3 is 29.1 Å². The minimum atomic E-state index is 0.913. The number of rotatable bonds is 0. The highest BCUT2D eigenvalue weighted by atomic mass is 16.5. The lowest BCUT2D eigenvalue weighted by Gasteiger charge is -2.28. The smallest absolute Gasteiger partial charge is 0.0594 e. The van der Waals surface area contributed by atoms with Gasteiger partial charge in [-0.3, -0.25) is 0 Å². The summed E-state index contributed by atoms with van der Waals surface area (Å²) >= 11 is 0. The Kier molecular flexibility index (Phi) is 16.1. The van der Waals surface area contributed by atoms with Crippen molar-refractivity contribution in [2.45, 2.75) is 13.8 Å². The molecule has 0 bridgehead atoms. The summed E-state index contributed by atoms with van der Waals surface area (Å²) < 4.78 is 10.2. The highest BCUT2D eigenvalue weighted by Crippen LogP contribution is 1.93. The largest absolute Gasteiger partial charge is 0.379 e. The van der Waals surface area contributed by atoms with Crippen molar-refractivity contribution in [1.82, 2.24) is 19.6 Å². The fourth-order valence-corrected chi connectivity index (χ4v) is 2.22. The Balaban J connectivity index is 0.000000315. The lowest BCUT2D eigenvalue weighted by atomic mass is 10.4. The number of piperazine rings is 1. The van der Waals surface area contributed by atoms with E-state index in [1.54, 1.807) is 0 Å². The van der Waals surface area contributed by atoms with Crippen LogP contribution in [0.3, 0.4) is 0 Å². The Morgan fingerprint density at radius 1 is 0.417 bits per heavy atom. The van der Waals surface area contributed by atoms with E-state index in [4.69, 9.17) is 9.47 Å². The molecule has 6 heteroatoms. The van der Waals surface area contributed by atoms with Gasteiger partial charge in [0.1, 0.15) is 0 Å². The van der Waals surface area contributed by atoms with Crippen LogP contribution in [0.25, 0.3) is 0 Å². The summed E-state index contributed by atoms with van der Waals surface area (Å²) in [6.45, 7) is 17.0. The van der Waals surface area contributed by atoms with E-state index in [9.17, 15) is 0 Å². The monoisotopic (exact) mass is 346 g/mol. The summed E-state index contributed by atoms with van der Waals surface area (Å²) in [4.78, 5) is 9.26. The van der Waals surface area contributed by atoms with E-state index in [0.717, 1.165) is 52.6 Å². The van der Waals surface area contributed by atoms with Gasteiger partial charge in [0.25, 0.3) is 0 Å². The SMILES string of the molecule is CC.CN1CCN(C)CC1.CN1CCOCC1.CN1CCOCC1. The molecule has 0 radical (unpaired) electrons. The van der Waals surface area contributed by atoms with Crippen LogP contribution in [0, 0.1) is 0 Å². The van der Waals surface area contributed by atoms with Crippen molar-refractivity contribution in [3.63, 3.8) is 0 Å². The first-order chi connectivity index (χ1) is 11.6. The van der Waals surface area contributed by atoms with Crippen LogP contribution < -0.4 is 0 Å². The van der Waals surface area contributed by atoms with Crippen molar-refractivity contribution < 1.29 is 9.47 Å². The van der Waals surface area contributed by atoms with Gasteiger partial charge in [-0.15, -0.1) is 0 Å². The molecule has 0 atom stereocenters. The third-order valence-corrected chi connectivity index (χ3v) is 4.20. The van der Waals surface area contributed by atoms with Crippen LogP contribution in [0.1, 0.15) is 13.8 Å². The molecule has 0 aliphatic carbocycles. The molecule has 6 nitrogen and oxygen atoms in total. The number of likely N-dealkylation sites (N-methyl/N-ethyl adjacent to an activating group) is 4. The van der Waals surface area contributed by atoms with Crippen molar-refractivity contribution >= 4 is 0 Å². The van der Waals surface area contributed by atoms with Crippen LogP contribution in [0.4, 0.5) is 0 Å². The Morgan fingerprint density at radius 3 is 0.792 bits per heavy atom. The second kappa shape index (κ2) is 16.2. The summed E-state index contributed by atoms with van der Waals surface area (Å²) in [5.41, 5.74) is 0. The lowest BCUT2D eigenvalue weighted by Crippen LogP contribution is -2.42. The molecule has 3 heterocycles. The van der Waals surface area contributed by atoms with Crippen molar-refractivity contribution in [1.29, 1.82) is 0 Å². The quantitative estimate of drug-likeness (QED) is 0.645. The van der Waals surface area contributed by atoms with Gasteiger partial charge in [-0.25, -0.2) is 0 Å². The molecule has 0 aromatic carbocycles. The molecule has 0 amide bonds. The predicted molar refractivity (Wildman–Crippen MR) is 103 cm³/mol. The zero-order valence-electron chi connectivity index (χ0n) is 17.1. The number of ether oxygens (including phenoxy) is 2. The molecule has 24 heavy (non-hydrogen) atoms. The normalized spacial score (nSPS) is 23.8. The summed E-state index contributed by atoms with van der Waals surface area (Å²) in [5, 5.41) is 0. The van der Waals surface area contributed by atoms with Crippen LogP contribution in [-0.4, -0.2) is 127 Å². The first kappa shape index (κ1) is 23.8. The topological polar surface area (TPSA) is 31.4 Å². The number of morpholine rings is 2. The van der Waals surface area contributed by atoms with Gasteiger partial charge in [0.2, 0.25) is 0 Å². The van der Waals surface area contributed by atoms with Crippen LogP contribution >= 0.6 is 0 Å². The van der Waals surface area contributed by atoms with Gasteiger partial charge in [0, 0.05) is 52.4 Å². The van der Waals surface area contributed by atoms with Crippen molar-refractivity contribution in [2.24, 2.45) is 0 Å². The molecular formula is C18H42N4O2. The molecule has 0 spiro atoms. The minimum Gasteiger partial charge on any atom is -0.379 e. The Labute approximate surface area is 150 Å². The average molecular weight is 347 g/mol. The van der Waals surface area contributed by atoms with E-state index in [0.29, 0.717) is 0 Å². The molecule has 3 fully saturated rings. The fraction of sp³-hybridized carbons (Fsp3) is 1.00. The maximum Gasteiger partial charge on any atom is 0.0594 e. The predicted octanol–water partition coefficient (Wildman–Crippen LogP) is 0.787. The van der Waals surface area contributed by atoms with Crippen molar-refractivity contribution in [3.8, 4) is 0 Å². The van der Waals surface area contributed by atoms with Gasteiger partial charge in [-0.2, -0.15) is 0 Å². The molecule has 3 saturated heterocycles. The standard InChI is InChI=1S/C6H14N2.2C5H11NO.C2H6/c1-7-3-5-8(2)6-4-7;2*1-6-2-4-7-5-3-6;1-2/h3-6H2,1-2H3;2*2-5H2,1H3;1-2H3. The highest BCUT2D eigenvalue weighted by molar-refractivity contribution is 4.64. The average Bonchev–Trinajstić information content (AvgIpc) is 2.62. The maximum atomic E-state index is 5.10. The van der Waals surface area contributed by atoms with Gasteiger partial charge in [0.15, 0.2) is 0 Å². The summed E-state index contributed by atoms with van der Waals surface area (Å²) in [6.07, 6.45) is 0.